The number of ether oxygens (including phenoxy) is 1. The van der Waals surface area contributed by atoms with Gasteiger partial charge in [0.2, 0.25) is 5.91 Å². The van der Waals surface area contributed by atoms with Crippen molar-refractivity contribution >= 4 is 5.91 Å². The van der Waals surface area contributed by atoms with Crippen LogP contribution in [0, 0.1) is 5.82 Å². The molecule has 1 fully saturated rings. The van der Waals surface area contributed by atoms with Gasteiger partial charge in [-0.3, -0.25) is 4.79 Å². The molecular formula is C18H27FN2O2. The van der Waals surface area contributed by atoms with Gasteiger partial charge in [0.15, 0.2) is 0 Å². The number of morpholine rings is 1. The third kappa shape index (κ3) is 6.28. The lowest BCUT2D eigenvalue weighted by Crippen LogP contribution is -2.46. The van der Waals surface area contributed by atoms with E-state index in [2.05, 4.69) is 4.90 Å². The van der Waals surface area contributed by atoms with Crippen molar-refractivity contribution < 1.29 is 13.9 Å². The second kappa shape index (κ2) is 8.99. The van der Waals surface area contributed by atoms with Crippen molar-refractivity contribution in [2.75, 3.05) is 40.3 Å². The van der Waals surface area contributed by atoms with E-state index >= 15 is 0 Å². The number of hydrogen-bond donors (Lipinski definition) is 0. The quantitative estimate of drug-likeness (QED) is 0.772. The van der Waals surface area contributed by atoms with Gasteiger partial charge in [0.1, 0.15) is 5.82 Å². The van der Waals surface area contributed by atoms with E-state index in [1.54, 1.807) is 12.1 Å². The highest BCUT2D eigenvalue weighted by molar-refractivity contribution is 5.76. The van der Waals surface area contributed by atoms with Crippen LogP contribution in [0.2, 0.25) is 0 Å². The predicted octanol–water partition coefficient (Wildman–Crippen LogP) is 2.33. The minimum atomic E-state index is -0.220. The van der Waals surface area contributed by atoms with E-state index in [1.165, 1.54) is 12.1 Å². The van der Waals surface area contributed by atoms with Gasteiger partial charge in [-0.2, -0.15) is 0 Å². The molecule has 2 rings (SSSR count). The Hall–Kier alpha value is -1.46. The van der Waals surface area contributed by atoms with Crippen molar-refractivity contribution in [2.24, 2.45) is 0 Å². The molecule has 1 aromatic carbocycles. The zero-order chi connectivity index (χ0) is 16.7. The van der Waals surface area contributed by atoms with E-state index in [9.17, 15) is 9.18 Å². The van der Waals surface area contributed by atoms with Crippen molar-refractivity contribution in [3.8, 4) is 0 Å². The van der Waals surface area contributed by atoms with E-state index in [-0.39, 0.29) is 17.8 Å². The lowest BCUT2D eigenvalue weighted by atomic mass is 10.1. The fraction of sp³-hybridized carbons (Fsp3) is 0.611. The molecule has 1 aliphatic rings. The zero-order valence-corrected chi connectivity index (χ0v) is 14.1. The molecule has 0 saturated carbocycles. The van der Waals surface area contributed by atoms with Crippen LogP contribution in [0.25, 0.3) is 0 Å². The molecule has 0 unspecified atom stereocenters. The average molecular weight is 322 g/mol. The van der Waals surface area contributed by atoms with Crippen molar-refractivity contribution in [1.82, 2.24) is 9.80 Å². The smallest absolute Gasteiger partial charge is 0.222 e. The molecule has 1 aromatic rings. The Morgan fingerprint density at radius 3 is 2.78 bits per heavy atom. The molecule has 1 atom stereocenters. The molecular weight excluding hydrogens is 295 g/mol. The summed E-state index contributed by atoms with van der Waals surface area (Å²) in [5.41, 5.74) is 1.07. The number of carbonyl (C=O) groups is 1. The first-order valence-electron chi connectivity index (χ1n) is 8.33. The number of hydrogen-bond acceptors (Lipinski definition) is 3. The van der Waals surface area contributed by atoms with Gasteiger partial charge in [0.25, 0.3) is 0 Å². The summed E-state index contributed by atoms with van der Waals surface area (Å²) in [7, 11) is 4.09. The van der Waals surface area contributed by atoms with Crippen molar-refractivity contribution in [3.63, 3.8) is 0 Å². The minimum absolute atomic E-state index is 0.146. The van der Waals surface area contributed by atoms with Crippen molar-refractivity contribution in [3.05, 3.63) is 35.6 Å². The lowest BCUT2D eigenvalue weighted by Gasteiger charge is -2.33. The molecule has 1 saturated heterocycles. The minimum Gasteiger partial charge on any atom is -0.374 e. The van der Waals surface area contributed by atoms with E-state index in [0.717, 1.165) is 31.4 Å². The van der Waals surface area contributed by atoms with Gasteiger partial charge >= 0.3 is 0 Å². The normalized spacial score (nSPS) is 18.4. The van der Waals surface area contributed by atoms with Crippen LogP contribution in [-0.4, -0.2) is 62.1 Å². The second-order valence-electron chi connectivity index (χ2n) is 6.40. The van der Waals surface area contributed by atoms with Gasteiger partial charge in [-0.25, -0.2) is 4.39 Å². The SMILES string of the molecule is CN(C)CC[C@H]1CN(C(=O)CCCc2ccc(F)cc2)CCO1. The molecule has 0 aliphatic carbocycles. The second-order valence-corrected chi connectivity index (χ2v) is 6.40. The van der Waals surface area contributed by atoms with Crippen LogP contribution < -0.4 is 0 Å². The molecule has 0 aromatic heterocycles. The van der Waals surface area contributed by atoms with E-state index < -0.39 is 0 Å². The predicted molar refractivity (Wildman–Crippen MR) is 88.8 cm³/mol. The molecule has 0 N–H and O–H groups in total. The fourth-order valence-corrected chi connectivity index (χ4v) is 2.78. The third-order valence-corrected chi connectivity index (χ3v) is 4.16. The number of benzene rings is 1. The molecule has 5 heteroatoms. The first kappa shape index (κ1) is 17.9. The Balaban J connectivity index is 1.71. The number of rotatable bonds is 7. The summed E-state index contributed by atoms with van der Waals surface area (Å²) in [6.07, 6.45) is 3.24. The summed E-state index contributed by atoms with van der Waals surface area (Å²) < 4.78 is 18.6. The molecule has 4 nitrogen and oxygen atoms in total. The maximum absolute atomic E-state index is 12.9. The number of halogens is 1. The topological polar surface area (TPSA) is 32.8 Å². The number of amides is 1. The maximum Gasteiger partial charge on any atom is 0.222 e. The first-order chi connectivity index (χ1) is 11.0. The Morgan fingerprint density at radius 2 is 2.09 bits per heavy atom. The standard InChI is InChI=1S/C18H27FN2O2/c1-20(2)11-10-17-14-21(12-13-23-17)18(22)5-3-4-15-6-8-16(19)9-7-15/h6-9,17H,3-5,10-14H2,1-2H3/t17-/m0/s1. The van der Waals surface area contributed by atoms with E-state index in [0.29, 0.717) is 26.1 Å². The highest BCUT2D eigenvalue weighted by Gasteiger charge is 2.23. The summed E-state index contributed by atoms with van der Waals surface area (Å²) >= 11 is 0. The Labute approximate surface area is 138 Å². The number of carbonyl (C=O) groups excluding carboxylic acids is 1. The largest absolute Gasteiger partial charge is 0.374 e. The van der Waals surface area contributed by atoms with Crippen LogP contribution in [0.4, 0.5) is 4.39 Å². The molecule has 0 bridgehead atoms. The molecule has 1 aliphatic heterocycles. The third-order valence-electron chi connectivity index (χ3n) is 4.16. The average Bonchev–Trinajstić information content (AvgIpc) is 2.55. The van der Waals surface area contributed by atoms with Crippen LogP contribution in [0.15, 0.2) is 24.3 Å². The summed E-state index contributed by atoms with van der Waals surface area (Å²) in [5.74, 6) is -0.0211. The monoisotopic (exact) mass is 322 g/mol. The van der Waals surface area contributed by atoms with Gasteiger partial charge in [-0.15, -0.1) is 0 Å². The van der Waals surface area contributed by atoms with E-state index in [1.807, 2.05) is 19.0 Å². The van der Waals surface area contributed by atoms with Gasteiger partial charge in [-0.05, 0) is 51.1 Å². The van der Waals surface area contributed by atoms with Crippen LogP contribution in [-0.2, 0) is 16.0 Å². The van der Waals surface area contributed by atoms with E-state index in [4.69, 9.17) is 4.74 Å². The summed E-state index contributed by atoms with van der Waals surface area (Å²) in [6, 6.07) is 6.50. The van der Waals surface area contributed by atoms with Crippen LogP contribution >= 0.6 is 0 Å². The Kier molecular flexibility index (Phi) is 6.99. The molecule has 0 radical (unpaired) electrons. The van der Waals surface area contributed by atoms with Gasteiger partial charge in [0, 0.05) is 26.1 Å². The number of aryl methyl sites for hydroxylation is 1. The van der Waals surface area contributed by atoms with Crippen molar-refractivity contribution in [2.45, 2.75) is 31.8 Å². The summed E-state index contributed by atoms with van der Waals surface area (Å²) in [6.45, 7) is 2.98. The Bertz CT molecular complexity index is 490. The highest BCUT2D eigenvalue weighted by atomic mass is 19.1. The summed E-state index contributed by atoms with van der Waals surface area (Å²) in [5, 5.41) is 0. The molecule has 1 heterocycles. The van der Waals surface area contributed by atoms with Crippen LogP contribution in [0.5, 0.6) is 0 Å². The molecule has 0 spiro atoms. The fourth-order valence-electron chi connectivity index (χ4n) is 2.78. The first-order valence-corrected chi connectivity index (χ1v) is 8.33. The summed E-state index contributed by atoms with van der Waals surface area (Å²) in [4.78, 5) is 16.4. The molecule has 128 valence electrons. The lowest BCUT2D eigenvalue weighted by molar-refractivity contribution is -0.139. The molecule has 23 heavy (non-hydrogen) atoms. The van der Waals surface area contributed by atoms with Crippen molar-refractivity contribution in [1.29, 1.82) is 0 Å². The van der Waals surface area contributed by atoms with Crippen LogP contribution in [0.3, 0.4) is 0 Å². The Morgan fingerprint density at radius 1 is 1.35 bits per heavy atom. The highest BCUT2D eigenvalue weighted by Crippen LogP contribution is 2.12. The van der Waals surface area contributed by atoms with Gasteiger partial charge in [0.05, 0.1) is 12.7 Å². The van der Waals surface area contributed by atoms with Crippen LogP contribution in [0.1, 0.15) is 24.8 Å². The number of nitrogens with zero attached hydrogens (tertiary/aromatic N) is 2. The molecule has 1 amide bonds. The van der Waals surface area contributed by atoms with Gasteiger partial charge in [-0.1, -0.05) is 12.1 Å². The van der Waals surface area contributed by atoms with Gasteiger partial charge < -0.3 is 14.5 Å². The zero-order valence-electron chi connectivity index (χ0n) is 14.1. The maximum atomic E-state index is 12.9.